The quantitative estimate of drug-likeness (QED) is 0.458. The van der Waals surface area contributed by atoms with E-state index in [4.69, 9.17) is 0 Å². The Bertz CT molecular complexity index is 1320. The van der Waals surface area contributed by atoms with Crippen molar-refractivity contribution >= 4 is 28.8 Å². The summed E-state index contributed by atoms with van der Waals surface area (Å²) in [6.07, 6.45) is 0. The van der Waals surface area contributed by atoms with Gasteiger partial charge in [0.05, 0.1) is 17.1 Å². The van der Waals surface area contributed by atoms with Gasteiger partial charge in [-0.3, -0.25) is 9.59 Å². The monoisotopic (exact) mass is 463 g/mol. The van der Waals surface area contributed by atoms with Crippen molar-refractivity contribution in [1.82, 2.24) is 19.7 Å². The number of likely N-dealkylation sites (N-methyl/N-ethyl adjacent to an activating group) is 1. The predicted molar refractivity (Wildman–Crippen MR) is 126 cm³/mol. The number of benzene rings is 2. The first-order valence-electron chi connectivity index (χ1n) is 10.2. The van der Waals surface area contributed by atoms with Crippen LogP contribution in [0.5, 0.6) is 0 Å². The van der Waals surface area contributed by atoms with E-state index in [2.05, 4.69) is 15.4 Å². The van der Waals surface area contributed by atoms with Gasteiger partial charge in [-0.25, -0.2) is 14.1 Å². The molecular weight excluding hydrogens is 441 g/mol. The summed E-state index contributed by atoms with van der Waals surface area (Å²) in [6, 6.07) is 15.3. The van der Waals surface area contributed by atoms with Crippen LogP contribution in [0.1, 0.15) is 21.7 Å². The van der Waals surface area contributed by atoms with Crippen molar-refractivity contribution in [3.63, 3.8) is 0 Å². The zero-order valence-electron chi connectivity index (χ0n) is 18.4. The summed E-state index contributed by atoms with van der Waals surface area (Å²) >= 11 is 1.43. The van der Waals surface area contributed by atoms with Gasteiger partial charge in [0.25, 0.3) is 5.91 Å². The summed E-state index contributed by atoms with van der Waals surface area (Å²) in [7, 11) is 1.51. The minimum absolute atomic E-state index is 0.0790. The van der Waals surface area contributed by atoms with Crippen molar-refractivity contribution in [2.24, 2.45) is 0 Å². The molecular formula is C24H22FN5O2S. The number of anilines is 1. The SMILES string of the molecule is Cc1cccc(NC(=O)CN(C)C(=O)c2nc(-c3cccs3)n(-c3cccc(F)c3)n2)c1C. The van der Waals surface area contributed by atoms with Crippen LogP contribution >= 0.6 is 11.3 Å². The molecule has 0 saturated heterocycles. The van der Waals surface area contributed by atoms with Crippen LogP contribution < -0.4 is 5.32 Å². The van der Waals surface area contributed by atoms with Gasteiger partial charge in [0.1, 0.15) is 5.82 Å². The summed E-state index contributed by atoms with van der Waals surface area (Å²) in [6.45, 7) is 3.72. The first-order chi connectivity index (χ1) is 15.8. The van der Waals surface area contributed by atoms with Crippen LogP contribution in [-0.4, -0.2) is 45.1 Å². The highest BCUT2D eigenvalue weighted by Gasteiger charge is 2.23. The van der Waals surface area contributed by atoms with E-state index in [1.165, 1.54) is 40.1 Å². The van der Waals surface area contributed by atoms with E-state index >= 15 is 0 Å². The number of halogens is 1. The lowest BCUT2D eigenvalue weighted by molar-refractivity contribution is -0.116. The molecule has 2 amide bonds. The highest BCUT2D eigenvalue weighted by molar-refractivity contribution is 7.13. The summed E-state index contributed by atoms with van der Waals surface area (Å²) in [5.74, 6) is -0.924. The Morgan fingerprint density at radius 1 is 1.12 bits per heavy atom. The molecule has 7 nitrogen and oxygen atoms in total. The van der Waals surface area contributed by atoms with E-state index in [0.29, 0.717) is 17.2 Å². The van der Waals surface area contributed by atoms with Gasteiger partial charge >= 0.3 is 0 Å². The van der Waals surface area contributed by atoms with E-state index in [0.717, 1.165) is 16.0 Å². The molecule has 0 bridgehead atoms. The maximum Gasteiger partial charge on any atom is 0.293 e. The molecule has 9 heteroatoms. The van der Waals surface area contributed by atoms with E-state index in [9.17, 15) is 14.0 Å². The Balaban J connectivity index is 1.57. The van der Waals surface area contributed by atoms with Crippen LogP contribution in [0.4, 0.5) is 10.1 Å². The van der Waals surface area contributed by atoms with Crippen LogP contribution in [0, 0.1) is 19.7 Å². The predicted octanol–water partition coefficient (Wildman–Crippen LogP) is 4.46. The Labute approximate surface area is 194 Å². The molecule has 0 aliphatic carbocycles. The van der Waals surface area contributed by atoms with Crippen LogP contribution in [0.15, 0.2) is 60.0 Å². The molecule has 168 valence electrons. The van der Waals surface area contributed by atoms with Crippen molar-refractivity contribution in [3.05, 3.63) is 82.7 Å². The highest BCUT2D eigenvalue weighted by atomic mass is 32.1. The average Bonchev–Trinajstić information content (AvgIpc) is 3.46. The lowest BCUT2D eigenvalue weighted by Crippen LogP contribution is -2.35. The fourth-order valence-corrected chi connectivity index (χ4v) is 3.99. The largest absolute Gasteiger partial charge is 0.330 e. The zero-order chi connectivity index (χ0) is 23.5. The summed E-state index contributed by atoms with van der Waals surface area (Å²) in [4.78, 5) is 32.0. The second kappa shape index (κ2) is 9.33. The molecule has 0 unspecified atom stereocenters. The molecule has 0 saturated carbocycles. The lowest BCUT2D eigenvalue weighted by Gasteiger charge is -2.16. The Kier molecular flexibility index (Phi) is 6.32. The van der Waals surface area contributed by atoms with Gasteiger partial charge in [0, 0.05) is 12.7 Å². The Hall–Kier alpha value is -3.85. The number of hydrogen-bond acceptors (Lipinski definition) is 5. The van der Waals surface area contributed by atoms with Crippen molar-refractivity contribution in [3.8, 4) is 16.4 Å². The number of amides is 2. The number of aromatic nitrogens is 3. The molecule has 2 heterocycles. The number of carbonyl (C=O) groups excluding carboxylic acids is 2. The van der Waals surface area contributed by atoms with Gasteiger partial charge < -0.3 is 10.2 Å². The Morgan fingerprint density at radius 2 is 1.91 bits per heavy atom. The molecule has 0 fully saturated rings. The molecule has 1 N–H and O–H groups in total. The minimum atomic E-state index is -0.515. The third kappa shape index (κ3) is 4.83. The third-order valence-electron chi connectivity index (χ3n) is 5.20. The van der Waals surface area contributed by atoms with Gasteiger partial charge in [-0.05, 0) is 60.7 Å². The molecule has 0 aliphatic rings. The molecule has 2 aromatic carbocycles. The molecule has 0 atom stereocenters. The molecule has 33 heavy (non-hydrogen) atoms. The number of thiophene rings is 1. The van der Waals surface area contributed by atoms with Crippen LogP contribution in [-0.2, 0) is 4.79 Å². The maximum absolute atomic E-state index is 13.8. The van der Waals surface area contributed by atoms with Gasteiger partial charge in [0.2, 0.25) is 11.7 Å². The van der Waals surface area contributed by atoms with E-state index < -0.39 is 11.7 Å². The molecule has 0 aliphatic heterocycles. The van der Waals surface area contributed by atoms with Crippen molar-refractivity contribution in [2.45, 2.75) is 13.8 Å². The topological polar surface area (TPSA) is 80.1 Å². The number of rotatable bonds is 6. The van der Waals surface area contributed by atoms with Crippen LogP contribution in [0.2, 0.25) is 0 Å². The van der Waals surface area contributed by atoms with Gasteiger partial charge in [-0.1, -0.05) is 24.3 Å². The minimum Gasteiger partial charge on any atom is -0.330 e. The molecule has 4 aromatic rings. The van der Waals surface area contributed by atoms with Crippen LogP contribution in [0.25, 0.3) is 16.4 Å². The van der Waals surface area contributed by atoms with E-state index in [1.807, 2.05) is 49.6 Å². The first-order valence-corrected chi connectivity index (χ1v) is 11.1. The fourth-order valence-electron chi connectivity index (χ4n) is 3.29. The fraction of sp³-hybridized carbons (Fsp3) is 0.167. The number of aryl methyl sites for hydroxylation is 1. The normalized spacial score (nSPS) is 10.8. The van der Waals surface area contributed by atoms with E-state index in [-0.39, 0.29) is 18.3 Å². The second-order valence-electron chi connectivity index (χ2n) is 7.58. The number of nitrogens with zero attached hydrogens (tertiary/aromatic N) is 4. The third-order valence-corrected chi connectivity index (χ3v) is 6.06. The van der Waals surface area contributed by atoms with Crippen molar-refractivity contribution < 1.29 is 14.0 Å². The summed E-state index contributed by atoms with van der Waals surface area (Å²) in [5.41, 5.74) is 3.18. The van der Waals surface area contributed by atoms with Crippen molar-refractivity contribution in [1.29, 1.82) is 0 Å². The summed E-state index contributed by atoms with van der Waals surface area (Å²) < 4.78 is 15.3. The zero-order valence-corrected chi connectivity index (χ0v) is 19.2. The summed E-state index contributed by atoms with van der Waals surface area (Å²) in [5, 5.41) is 9.06. The van der Waals surface area contributed by atoms with Crippen LogP contribution in [0.3, 0.4) is 0 Å². The first kappa shape index (κ1) is 22.3. The van der Waals surface area contributed by atoms with Gasteiger partial charge in [-0.2, -0.15) is 0 Å². The van der Waals surface area contributed by atoms with Gasteiger partial charge in [0.15, 0.2) is 5.82 Å². The molecule has 4 rings (SSSR count). The molecule has 0 spiro atoms. The number of hydrogen-bond donors (Lipinski definition) is 1. The lowest BCUT2D eigenvalue weighted by atomic mass is 10.1. The highest BCUT2D eigenvalue weighted by Crippen LogP contribution is 2.26. The smallest absolute Gasteiger partial charge is 0.293 e. The molecule has 0 radical (unpaired) electrons. The van der Waals surface area contributed by atoms with Gasteiger partial charge in [-0.15, -0.1) is 16.4 Å². The second-order valence-corrected chi connectivity index (χ2v) is 8.53. The number of nitrogens with one attached hydrogen (secondary N) is 1. The molecule has 2 aromatic heterocycles. The standard InChI is InChI=1S/C24H22FN5O2S/c1-15-7-4-10-19(16(15)2)26-21(31)14-29(3)24(32)22-27-23(20-11-6-12-33-20)30(28-22)18-9-5-8-17(25)13-18/h4-13H,14H2,1-3H3,(H,26,31). The Morgan fingerprint density at radius 3 is 2.64 bits per heavy atom. The maximum atomic E-state index is 13.8. The number of carbonyl (C=O) groups is 2. The van der Waals surface area contributed by atoms with E-state index in [1.54, 1.807) is 12.1 Å². The van der Waals surface area contributed by atoms with Crippen molar-refractivity contribution in [2.75, 3.05) is 18.9 Å². The average molecular weight is 464 g/mol.